The Morgan fingerprint density at radius 3 is 2.52 bits per heavy atom. The molecule has 1 N–H and O–H groups in total. The van der Waals surface area contributed by atoms with Crippen LogP contribution in [0.3, 0.4) is 0 Å². The zero-order valence-electron chi connectivity index (χ0n) is 12.6. The Hall–Kier alpha value is -1.33. The predicted octanol–water partition coefficient (Wildman–Crippen LogP) is 4.91. The van der Waals surface area contributed by atoms with E-state index in [-0.39, 0.29) is 11.8 Å². The number of thioether (sulfide) groups is 1. The fourth-order valence-electron chi connectivity index (χ4n) is 2.09. The lowest BCUT2D eigenvalue weighted by Crippen LogP contribution is -2.21. The molecule has 0 radical (unpaired) electrons. The third-order valence-corrected chi connectivity index (χ3v) is 4.98. The van der Waals surface area contributed by atoms with Gasteiger partial charge in [-0.1, -0.05) is 26.0 Å². The Labute approximate surface area is 134 Å². The number of anilines is 1. The Kier molecular flexibility index (Phi) is 5.82. The number of carbonyl (C=O) groups is 1. The number of benzene rings is 1. The topological polar surface area (TPSA) is 42.0 Å². The summed E-state index contributed by atoms with van der Waals surface area (Å²) in [7, 11) is 0. The SMILES string of the molecule is CCC(CC)C(=O)Nc1nc(-c2ccc(SC)cc2)cs1. The maximum atomic E-state index is 12.1. The van der Waals surface area contributed by atoms with Crippen molar-refractivity contribution < 1.29 is 4.79 Å². The molecule has 0 saturated heterocycles. The number of hydrogen-bond donors (Lipinski definition) is 1. The van der Waals surface area contributed by atoms with Crippen LogP contribution in [0.2, 0.25) is 0 Å². The van der Waals surface area contributed by atoms with Crippen molar-refractivity contribution in [3.63, 3.8) is 0 Å². The van der Waals surface area contributed by atoms with Gasteiger partial charge in [-0.3, -0.25) is 4.79 Å². The van der Waals surface area contributed by atoms with Gasteiger partial charge in [0.25, 0.3) is 0 Å². The van der Waals surface area contributed by atoms with E-state index in [1.165, 1.54) is 16.2 Å². The Balaban J connectivity index is 2.08. The molecule has 0 spiro atoms. The van der Waals surface area contributed by atoms with Crippen LogP contribution < -0.4 is 5.32 Å². The summed E-state index contributed by atoms with van der Waals surface area (Å²) in [6.07, 6.45) is 3.77. The van der Waals surface area contributed by atoms with Crippen LogP contribution in [0.1, 0.15) is 26.7 Å². The molecule has 2 aromatic rings. The lowest BCUT2D eigenvalue weighted by Gasteiger charge is -2.10. The minimum absolute atomic E-state index is 0.0678. The molecule has 0 aliphatic rings. The van der Waals surface area contributed by atoms with E-state index < -0.39 is 0 Å². The molecular weight excluding hydrogens is 300 g/mol. The highest BCUT2D eigenvalue weighted by atomic mass is 32.2. The Morgan fingerprint density at radius 2 is 1.95 bits per heavy atom. The third-order valence-electron chi connectivity index (χ3n) is 3.48. The standard InChI is InChI=1S/C16H20N2OS2/c1-4-11(5-2)15(19)18-16-17-14(10-21-16)12-6-8-13(20-3)9-7-12/h6-11H,4-5H2,1-3H3,(H,17,18,19). The maximum Gasteiger partial charge on any atom is 0.229 e. The number of carbonyl (C=O) groups excluding carboxylic acids is 1. The highest BCUT2D eigenvalue weighted by Gasteiger charge is 2.15. The number of hydrogen-bond acceptors (Lipinski definition) is 4. The lowest BCUT2D eigenvalue weighted by molar-refractivity contribution is -0.120. The molecule has 0 saturated carbocycles. The zero-order valence-corrected chi connectivity index (χ0v) is 14.2. The van der Waals surface area contributed by atoms with Gasteiger partial charge in [-0.25, -0.2) is 4.98 Å². The highest BCUT2D eigenvalue weighted by molar-refractivity contribution is 7.98. The average molecular weight is 320 g/mol. The molecule has 0 aliphatic heterocycles. The summed E-state index contributed by atoms with van der Waals surface area (Å²) in [6, 6.07) is 8.30. The summed E-state index contributed by atoms with van der Waals surface area (Å²) in [5, 5.41) is 5.58. The number of nitrogens with zero attached hydrogens (tertiary/aromatic N) is 1. The number of amides is 1. The zero-order chi connectivity index (χ0) is 15.2. The van der Waals surface area contributed by atoms with E-state index in [1.54, 1.807) is 11.8 Å². The van der Waals surface area contributed by atoms with Crippen molar-refractivity contribution in [2.45, 2.75) is 31.6 Å². The first-order valence-corrected chi connectivity index (χ1v) is 9.19. The van der Waals surface area contributed by atoms with Gasteiger partial charge in [0, 0.05) is 21.8 Å². The van der Waals surface area contributed by atoms with Gasteiger partial charge in [-0.15, -0.1) is 23.1 Å². The van der Waals surface area contributed by atoms with Crippen molar-refractivity contribution in [1.29, 1.82) is 0 Å². The van der Waals surface area contributed by atoms with Crippen molar-refractivity contribution >= 4 is 34.1 Å². The van der Waals surface area contributed by atoms with E-state index >= 15 is 0 Å². The molecule has 21 heavy (non-hydrogen) atoms. The molecule has 0 unspecified atom stereocenters. The van der Waals surface area contributed by atoms with Crippen LogP contribution in [0.5, 0.6) is 0 Å². The second-order valence-electron chi connectivity index (χ2n) is 4.77. The van der Waals surface area contributed by atoms with Crippen LogP contribution in [-0.2, 0) is 4.79 Å². The minimum atomic E-state index is 0.0678. The van der Waals surface area contributed by atoms with Gasteiger partial charge >= 0.3 is 0 Å². The number of thiazole rings is 1. The molecule has 0 fully saturated rings. The van der Waals surface area contributed by atoms with Gasteiger partial charge in [0.05, 0.1) is 5.69 Å². The summed E-state index contributed by atoms with van der Waals surface area (Å²) in [4.78, 5) is 17.8. The average Bonchev–Trinajstić information content (AvgIpc) is 2.97. The first-order chi connectivity index (χ1) is 10.2. The van der Waals surface area contributed by atoms with Crippen molar-refractivity contribution in [1.82, 2.24) is 4.98 Å². The van der Waals surface area contributed by atoms with Gasteiger partial charge in [-0.2, -0.15) is 0 Å². The summed E-state index contributed by atoms with van der Waals surface area (Å²) in [6.45, 7) is 4.07. The molecule has 5 heteroatoms. The quantitative estimate of drug-likeness (QED) is 0.769. The first kappa shape index (κ1) is 16.0. The van der Waals surface area contributed by atoms with E-state index in [4.69, 9.17) is 0 Å². The Morgan fingerprint density at radius 1 is 1.29 bits per heavy atom. The smallest absolute Gasteiger partial charge is 0.229 e. The van der Waals surface area contributed by atoms with Crippen molar-refractivity contribution in [2.75, 3.05) is 11.6 Å². The molecule has 3 nitrogen and oxygen atoms in total. The van der Waals surface area contributed by atoms with Gasteiger partial charge in [0.15, 0.2) is 5.13 Å². The normalized spacial score (nSPS) is 10.9. The van der Waals surface area contributed by atoms with Crippen LogP contribution in [0, 0.1) is 5.92 Å². The van der Waals surface area contributed by atoms with Crippen LogP contribution in [0.4, 0.5) is 5.13 Å². The maximum absolute atomic E-state index is 12.1. The Bertz CT molecular complexity index is 589. The van der Waals surface area contributed by atoms with Crippen LogP contribution in [-0.4, -0.2) is 17.1 Å². The number of rotatable bonds is 6. The predicted molar refractivity (Wildman–Crippen MR) is 92.0 cm³/mol. The van der Waals surface area contributed by atoms with Crippen molar-refractivity contribution in [2.24, 2.45) is 5.92 Å². The van der Waals surface area contributed by atoms with Crippen LogP contribution in [0.25, 0.3) is 11.3 Å². The first-order valence-electron chi connectivity index (χ1n) is 7.08. The highest BCUT2D eigenvalue weighted by Crippen LogP contribution is 2.27. The van der Waals surface area contributed by atoms with E-state index in [9.17, 15) is 4.79 Å². The summed E-state index contributed by atoms with van der Waals surface area (Å²) < 4.78 is 0. The molecule has 2 rings (SSSR count). The van der Waals surface area contributed by atoms with E-state index in [1.807, 2.05) is 19.2 Å². The molecule has 1 amide bonds. The fraction of sp³-hybridized carbons (Fsp3) is 0.375. The van der Waals surface area contributed by atoms with Gasteiger partial charge < -0.3 is 5.32 Å². The van der Waals surface area contributed by atoms with Crippen molar-refractivity contribution in [3.05, 3.63) is 29.6 Å². The summed E-state index contributed by atoms with van der Waals surface area (Å²) in [5.41, 5.74) is 1.99. The van der Waals surface area contributed by atoms with Gasteiger partial charge in [0.1, 0.15) is 0 Å². The number of nitrogens with one attached hydrogen (secondary N) is 1. The third kappa shape index (κ3) is 4.08. The molecule has 1 aromatic heterocycles. The molecule has 0 bridgehead atoms. The fourth-order valence-corrected chi connectivity index (χ4v) is 3.22. The molecular formula is C16H20N2OS2. The molecule has 1 heterocycles. The van der Waals surface area contributed by atoms with E-state index in [0.717, 1.165) is 24.1 Å². The molecule has 0 aliphatic carbocycles. The van der Waals surface area contributed by atoms with Crippen molar-refractivity contribution in [3.8, 4) is 11.3 Å². The van der Waals surface area contributed by atoms with Gasteiger partial charge in [-0.05, 0) is 31.2 Å². The van der Waals surface area contributed by atoms with Crippen LogP contribution >= 0.6 is 23.1 Å². The van der Waals surface area contributed by atoms with Gasteiger partial charge in [0.2, 0.25) is 5.91 Å². The molecule has 112 valence electrons. The van der Waals surface area contributed by atoms with E-state index in [0.29, 0.717) is 5.13 Å². The summed E-state index contributed by atoms with van der Waals surface area (Å²) >= 11 is 3.19. The van der Waals surface area contributed by atoms with E-state index in [2.05, 4.69) is 40.8 Å². The van der Waals surface area contributed by atoms with Crippen LogP contribution in [0.15, 0.2) is 34.5 Å². The molecule has 0 atom stereocenters. The largest absolute Gasteiger partial charge is 0.302 e. The number of aromatic nitrogens is 1. The minimum Gasteiger partial charge on any atom is -0.302 e. The monoisotopic (exact) mass is 320 g/mol. The second-order valence-corrected chi connectivity index (χ2v) is 6.51. The summed E-state index contributed by atoms with van der Waals surface area (Å²) in [5.74, 6) is 0.136. The lowest BCUT2D eigenvalue weighted by atomic mass is 10.0. The molecule has 1 aromatic carbocycles. The second kappa shape index (κ2) is 7.61.